The first kappa shape index (κ1) is 26.6. The fraction of sp³-hybridized carbons (Fsp3) is 0.517. The molecule has 2 rings (SSSR count). The Hall–Kier alpha value is -2.62. The summed E-state index contributed by atoms with van der Waals surface area (Å²) in [4.78, 5) is 28.1. The Balaban J connectivity index is 2.09. The van der Waals surface area contributed by atoms with Gasteiger partial charge < -0.3 is 10.2 Å². The summed E-state index contributed by atoms with van der Waals surface area (Å²) in [7, 11) is 0. The quantitative estimate of drug-likeness (QED) is 0.423. The van der Waals surface area contributed by atoms with Gasteiger partial charge in [0.15, 0.2) is 0 Å². The van der Waals surface area contributed by atoms with Crippen LogP contribution in [-0.4, -0.2) is 35.8 Å². The second kappa shape index (κ2) is 13.2. The average Bonchev–Trinajstić information content (AvgIpc) is 2.80. The van der Waals surface area contributed by atoms with Crippen molar-refractivity contribution in [2.75, 3.05) is 13.1 Å². The van der Waals surface area contributed by atoms with Crippen LogP contribution in [-0.2, 0) is 27.8 Å². The maximum atomic E-state index is 13.3. The van der Waals surface area contributed by atoms with Gasteiger partial charge in [-0.3, -0.25) is 9.59 Å². The van der Waals surface area contributed by atoms with Crippen LogP contribution in [0.3, 0.4) is 0 Å². The van der Waals surface area contributed by atoms with Gasteiger partial charge >= 0.3 is 0 Å². The summed E-state index contributed by atoms with van der Waals surface area (Å²) in [5.74, 6) is 0.00483. The highest BCUT2D eigenvalue weighted by Crippen LogP contribution is 2.22. The number of nitrogens with one attached hydrogen (secondary N) is 1. The molecule has 0 saturated carbocycles. The molecule has 0 unspecified atom stereocenters. The number of benzene rings is 2. The van der Waals surface area contributed by atoms with E-state index in [1.165, 1.54) is 11.1 Å². The van der Waals surface area contributed by atoms with Crippen LogP contribution in [0.15, 0.2) is 54.6 Å². The number of carbonyl (C=O) groups is 2. The lowest BCUT2D eigenvalue weighted by atomic mass is 9.86. The second-order valence-electron chi connectivity index (χ2n) is 9.84. The third kappa shape index (κ3) is 8.68. The van der Waals surface area contributed by atoms with E-state index >= 15 is 0 Å². The molecule has 0 saturated heterocycles. The molecule has 4 heteroatoms. The van der Waals surface area contributed by atoms with Crippen molar-refractivity contribution in [1.29, 1.82) is 0 Å². The molecule has 4 nitrogen and oxygen atoms in total. The average molecular weight is 451 g/mol. The van der Waals surface area contributed by atoms with Gasteiger partial charge in [-0.15, -0.1) is 0 Å². The van der Waals surface area contributed by atoms with E-state index in [4.69, 9.17) is 0 Å². The Morgan fingerprint density at radius 2 is 1.55 bits per heavy atom. The van der Waals surface area contributed by atoms with E-state index in [1.807, 2.05) is 25.1 Å². The van der Waals surface area contributed by atoms with E-state index in [1.54, 1.807) is 4.90 Å². The van der Waals surface area contributed by atoms with Crippen molar-refractivity contribution in [2.45, 2.75) is 84.6 Å². The van der Waals surface area contributed by atoms with Crippen molar-refractivity contribution < 1.29 is 9.59 Å². The Kier molecular flexibility index (Phi) is 10.6. The molecule has 33 heavy (non-hydrogen) atoms. The number of hydrogen-bond acceptors (Lipinski definition) is 2. The molecule has 0 spiro atoms. The lowest BCUT2D eigenvalue weighted by Gasteiger charge is -2.31. The Bertz CT molecular complexity index is 853. The van der Waals surface area contributed by atoms with Gasteiger partial charge in [0, 0.05) is 19.5 Å². The van der Waals surface area contributed by atoms with Gasteiger partial charge in [0.25, 0.3) is 0 Å². The molecular weight excluding hydrogens is 408 g/mol. The number of rotatable bonds is 12. The highest BCUT2D eigenvalue weighted by molar-refractivity contribution is 5.87. The van der Waals surface area contributed by atoms with Crippen LogP contribution >= 0.6 is 0 Å². The lowest BCUT2D eigenvalue weighted by Crippen LogP contribution is -2.50. The summed E-state index contributed by atoms with van der Waals surface area (Å²) in [6.45, 7) is 11.9. The van der Waals surface area contributed by atoms with Crippen LogP contribution in [0.4, 0.5) is 0 Å². The summed E-state index contributed by atoms with van der Waals surface area (Å²) in [6.07, 6.45) is 4.41. The molecule has 1 atom stereocenters. The van der Waals surface area contributed by atoms with E-state index in [-0.39, 0.29) is 17.2 Å². The van der Waals surface area contributed by atoms with Crippen molar-refractivity contribution >= 4 is 11.8 Å². The molecule has 0 bridgehead atoms. The minimum Gasteiger partial charge on any atom is -0.354 e. The standard InChI is InChI=1S/C29H42N2O2/c1-6-8-21-30-28(33)26(7-2)31(22-20-23-12-10-9-11-13-23)27(32)19-16-24-14-17-25(18-15-24)29(3,4)5/h9-15,17-18,26H,6-8,16,19-22H2,1-5H3,(H,30,33)/t26-/m1/s1. The van der Waals surface area contributed by atoms with E-state index in [2.05, 4.69) is 69.4 Å². The maximum Gasteiger partial charge on any atom is 0.242 e. The number of amides is 2. The van der Waals surface area contributed by atoms with Crippen molar-refractivity contribution in [1.82, 2.24) is 10.2 Å². The first-order valence-corrected chi connectivity index (χ1v) is 12.5. The number of unbranched alkanes of at least 4 members (excludes halogenated alkanes) is 1. The lowest BCUT2D eigenvalue weighted by molar-refractivity contribution is -0.140. The molecule has 1 N–H and O–H groups in total. The molecule has 0 aliphatic heterocycles. The molecule has 2 amide bonds. The normalized spacial score (nSPS) is 12.3. The fourth-order valence-electron chi connectivity index (χ4n) is 3.97. The van der Waals surface area contributed by atoms with Crippen LogP contribution in [0.5, 0.6) is 0 Å². The second-order valence-corrected chi connectivity index (χ2v) is 9.84. The predicted octanol–water partition coefficient (Wildman–Crippen LogP) is 5.68. The van der Waals surface area contributed by atoms with E-state index < -0.39 is 6.04 Å². The summed E-state index contributed by atoms with van der Waals surface area (Å²) in [5, 5.41) is 3.03. The van der Waals surface area contributed by atoms with Crippen molar-refractivity contribution in [3.05, 3.63) is 71.3 Å². The maximum absolute atomic E-state index is 13.3. The van der Waals surface area contributed by atoms with Crippen molar-refractivity contribution in [3.63, 3.8) is 0 Å². The summed E-state index contributed by atoms with van der Waals surface area (Å²) in [5.41, 5.74) is 3.73. The number of hydrogen-bond donors (Lipinski definition) is 1. The van der Waals surface area contributed by atoms with Gasteiger partial charge in [-0.05, 0) is 47.8 Å². The van der Waals surface area contributed by atoms with Crippen LogP contribution in [0, 0.1) is 0 Å². The molecule has 0 aliphatic carbocycles. The highest BCUT2D eigenvalue weighted by atomic mass is 16.2. The number of aryl methyl sites for hydroxylation is 1. The first-order valence-electron chi connectivity index (χ1n) is 12.5. The Morgan fingerprint density at radius 3 is 2.12 bits per heavy atom. The number of carbonyl (C=O) groups excluding carboxylic acids is 2. The van der Waals surface area contributed by atoms with Crippen LogP contribution in [0.1, 0.15) is 77.0 Å². The van der Waals surface area contributed by atoms with E-state index in [9.17, 15) is 9.59 Å². The van der Waals surface area contributed by atoms with Gasteiger partial charge in [0.2, 0.25) is 11.8 Å². The largest absolute Gasteiger partial charge is 0.354 e. The fourth-order valence-corrected chi connectivity index (χ4v) is 3.97. The molecule has 2 aromatic rings. The summed E-state index contributed by atoms with van der Waals surface area (Å²) in [6, 6.07) is 18.3. The smallest absolute Gasteiger partial charge is 0.242 e. The summed E-state index contributed by atoms with van der Waals surface area (Å²) < 4.78 is 0. The predicted molar refractivity (Wildman–Crippen MR) is 137 cm³/mol. The molecule has 0 heterocycles. The molecule has 180 valence electrons. The van der Waals surface area contributed by atoms with Crippen LogP contribution < -0.4 is 5.32 Å². The van der Waals surface area contributed by atoms with Gasteiger partial charge in [-0.1, -0.05) is 95.6 Å². The highest BCUT2D eigenvalue weighted by Gasteiger charge is 2.27. The van der Waals surface area contributed by atoms with Gasteiger partial charge in [-0.25, -0.2) is 0 Å². The van der Waals surface area contributed by atoms with Crippen LogP contribution in [0.25, 0.3) is 0 Å². The third-order valence-electron chi connectivity index (χ3n) is 6.15. The zero-order chi connectivity index (χ0) is 24.3. The molecule has 0 aliphatic rings. The zero-order valence-electron chi connectivity index (χ0n) is 21.2. The summed E-state index contributed by atoms with van der Waals surface area (Å²) >= 11 is 0. The molecule has 0 fully saturated rings. The van der Waals surface area contributed by atoms with Crippen LogP contribution in [0.2, 0.25) is 0 Å². The van der Waals surface area contributed by atoms with Crippen molar-refractivity contribution in [3.8, 4) is 0 Å². The van der Waals surface area contributed by atoms with E-state index in [0.717, 1.165) is 24.8 Å². The Labute approximate surface area is 200 Å². The molecule has 2 aromatic carbocycles. The molecular formula is C29H42N2O2. The third-order valence-corrected chi connectivity index (χ3v) is 6.15. The van der Waals surface area contributed by atoms with Gasteiger partial charge in [0.1, 0.15) is 6.04 Å². The van der Waals surface area contributed by atoms with Gasteiger partial charge in [-0.2, -0.15) is 0 Å². The minimum atomic E-state index is -0.429. The van der Waals surface area contributed by atoms with E-state index in [0.29, 0.717) is 32.4 Å². The first-order chi connectivity index (χ1) is 15.8. The van der Waals surface area contributed by atoms with Gasteiger partial charge in [0.05, 0.1) is 0 Å². The molecule has 0 aromatic heterocycles. The zero-order valence-corrected chi connectivity index (χ0v) is 21.2. The number of nitrogens with zero attached hydrogens (tertiary/aromatic N) is 1. The Morgan fingerprint density at radius 1 is 0.909 bits per heavy atom. The van der Waals surface area contributed by atoms with Crippen molar-refractivity contribution in [2.24, 2.45) is 0 Å². The SMILES string of the molecule is CCCCNC(=O)[C@@H](CC)N(CCc1ccccc1)C(=O)CCc1ccc(C(C)(C)C)cc1. The monoisotopic (exact) mass is 450 g/mol. The topological polar surface area (TPSA) is 49.4 Å². The molecule has 0 radical (unpaired) electrons. The minimum absolute atomic E-state index is 0.0399.